The summed E-state index contributed by atoms with van der Waals surface area (Å²) in [5.74, 6) is -0.674. The molecule has 0 atom stereocenters. The van der Waals surface area contributed by atoms with Crippen LogP contribution < -0.4 is 0 Å². The Morgan fingerprint density at radius 3 is 2.50 bits per heavy atom. The molecule has 6 nitrogen and oxygen atoms in total. The van der Waals surface area contributed by atoms with Gasteiger partial charge >= 0.3 is 6.03 Å². The number of rotatable bonds is 3. The Morgan fingerprint density at radius 1 is 1.13 bits per heavy atom. The molecule has 2 saturated heterocycles. The first-order valence-corrected chi connectivity index (χ1v) is 10.7. The molecule has 4 amide bonds. The second kappa shape index (κ2) is 8.20. The molecule has 160 valence electrons. The van der Waals surface area contributed by atoms with E-state index in [0.29, 0.717) is 38.8 Å². The molecule has 30 heavy (non-hydrogen) atoms. The van der Waals surface area contributed by atoms with Gasteiger partial charge in [0.2, 0.25) is 5.91 Å². The highest BCUT2D eigenvalue weighted by molar-refractivity contribution is 6.09. The van der Waals surface area contributed by atoms with Crippen LogP contribution in [0.1, 0.15) is 50.5 Å². The minimum atomic E-state index is -0.752. The summed E-state index contributed by atoms with van der Waals surface area (Å²) in [5, 5.41) is 0. The van der Waals surface area contributed by atoms with Crippen molar-refractivity contribution in [3.8, 4) is 0 Å². The van der Waals surface area contributed by atoms with Crippen molar-refractivity contribution in [2.24, 2.45) is 0 Å². The average molecular weight is 413 g/mol. The Kier molecular flexibility index (Phi) is 5.62. The second-order valence-corrected chi connectivity index (χ2v) is 8.56. The van der Waals surface area contributed by atoms with E-state index in [-0.39, 0.29) is 30.2 Å². The number of amides is 4. The molecule has 0 N–H and O–H groups in total. The summed E-state index contributed by atoms with van der Waals surface area (Å²) < 4.78 is 13.4. The fourth-order valence-corrected chi connectivity index (χ4v) is 4.93. The molecule has 1 aromatic rings. The number of likely N-dealkylation sites (tertiary alicyclic amines) is 1. The van der Waals surface area contributed by atoms with Crippen LogP contribution in [0.3, 0.4) is 0 Å². The van der Waals surface area contributed by atoms with Gasteiger partial charge in [0.15, 0.2) is 0 Å². The van der Waals surface area contributed by atoms with Crippen molar-refractivity contribution in [2.45, 2.75) is 50.5 Å². The van der Waals surface area contributed by atoms with Crippen molar-refractivity contribution in [2.75, 3.05) is 26.7 Å². The van der Waals surface area contributed by atoms with Crippen LogP contribution in [0.4, 0.5) is 9.18 Å². The predicted octanol–water partition coefficient (Wildman–Crippen LogP) is 3.43. The van der Waals surface area contributed by atoms with E-state index in [4.69, 9.17) is 0 Å². The van der Waals surface area contributed by atoms with Crippen LogP contribution in [0.15, 0.2) is 29.8 Å². The van der Waals surface area contributed by atoms with Crippen molar-refractivity contribution < 1.29 is 18.8 Å². The number of benzene rings is 1. The molecular weight excluding hydrogens is 385 g/mol. The minimum Gasteiger partial charge on any atom is -0.341 e. The van der Waals surface area contributed by atoms with E-state index in [1.54, 1.807) is 22.9 Å². The van der Waals surface area contributed by atoms with Crippen LogP contribution in [0.5, 0.6) is 0 Å². The topological polar surface area (TPSA) is 60.9 Å². The largest absolute Gasteiger partial charge is 0.341 e. The van der Waals surface area contributed by atoms with Gasteiger partial charge in [-0.2, -0.15) is 0 Å². The molecule has 3 fully saturated rings. The van der Waals surface area contributed by atoms with Gasteiger partial charge in [0.05, 0.1) is 0 Å². The lowest BCUT2D eigenvalue weighted by atomic mass is 9.81. The number of hydrogen-bond donors (Lipinski definition) is 0. The lowest BCUT2D eigenvalue weighted by Crippen LogP contribution is -2.50. The van der Waals surface area contributed by atoms with E-state index >= 15 is 0 Å². The maximum Gasteiger partial charge on any atom is 0.327 e. The third-order valence-corrected chi connectivity index (χ3v) is 6.76. The zero-order valence-electron chi connectivity index (χ0n) is 17.4. The number of hydrogen-bond acceptors (Lipinski definition) is 3. The summed E-state index contributed by atoms with van der Waals surface area (Å²) in [6.07, 6.45) is 7.67. The standard InChI is InChI=1S/C23H28FN3O3/c1-25-22(30)27(21(29)23(25)10-3-2-4-11-23)16-20(28)26-12-8-17(9-13-26)14-18-6-5-7-19(24)15-18/h5-7,14-15H,2-4,8-13,16H2,1H3. The number of carbonyl (C=O) groups is 3. The molecular formula is C23H28FN3O3. The van der Waals surface area contributed by atoms with E-state index in [2.05, 4.69) is 0 Å². The van der Waals surface area contributed by atoms with E-state index < -0.39 is 5.54 Å². The maximum absolute atomic E-state index is 13.4. The van der Waals surface area contributed by atoms with Crippen molar-refractivity contribution in [3.05, 3.63) is 41.2 Å². The quantitative estimate of drug-likeness (QED) is 0.714. The first kappa shape index (κ1) is 20.6. The van der Waals surface area contributed by atoms with Gasteiger partial charge in [0.1, 0.15) is 17.9 Å². The number of halogens is 1. The highest BCUT2D eigenvalue weighted by Crippen LogP contribution is 2.39. The number of piperidine rings is 1. The second-order valence-electron chi connectivity index (χ2n) is 8.56. The summed E-state index contributed by atoms with van der Waals surface area (Å²) in [4.78, 5) is 43.0. The molecule has 0 radical (unpaired) electrons. The predicted molar refractivity (Wildman–Crippen MR) is 111 cm³/mol. The van der Waals surface area contributed by atoms with E-state index in [9.17, 15) is 18.8 Å². The SMILES string of the molecule is CN1C(=O)N(CC(=O)N2CCC(=Cc3cccc(F)c3)CC2)C(=O)C12CCCCC2. The van der Waals surface area contributed by atoms with Gasteiger partial charge in [-0.05, 0) is 43.4 Å². The Morgan fingerprint density at radius 2 is 1.83 bits per heavy atom. The van der Waals surface area contributed by atoms with Crippen LogP contribution in [0.2, 0.25) is 0 Å². The number of likely N-dealkylation sites (N-methyl/N-ethyl adjacent to an activating group) is 1. The van der Waals surface area contributed by atoms with Crippen LogP contribution in [-0.4, -0.2) is 64.8 Å². The third-order valence-electron chi connectivity index (χ3n) is 6.76. The molecule has 0 bridgehead atoms. The van der Waals surface area contributed by atoms with Crippen LogP contribution in [0, 0.1) is 5.82 Å². The molecule has 2 aliphatic heterocycles. The van der Waals surface area contributed by atoms with Gasteiger partial charge in [-0.15, -0.1) is 0 Å². The fraction of sp³-hybridized carbons (Fsp3) is 0.522. The number of nitrogens with zero attached hydrogens (tertiary/aromatic N) is 3. The summed E-state index contributed by atoms with van der Waals surface area (Å²) >= 11 is 0. The number of urea groups is 1. The fourth-order valence-electron chi connectivity index (χ4n) is 4.93. The van der Waals surface area contributed by atoms with Crippen molar-refractivity contribution in [3.63, 3.8) is 0 Å². The lowest BCUT2D eigenvalue weighted by Gasteiger charge is -2.35. The molecule has 2 heterocycles. The van der Waals surface area contributed by atoms with Crippen molar-refractivity contribution in [1.29, 1.82) is 0 Å². The Balaban J connectivity index is 1.37. The molecule has 7 heteroatoms. The zero-order valence-corrected chi connectivity index (χ0v) is 17.4. The molecule has 1 aromatic carbocycles. The summed E-state index contributed by atoms with van der Waals surface area (Å²) in [6, 6.07) is 6.08. The molecule has 1 saturated carbocycles. The van der Waals surface area contributed by atoms with E-state index in [1.807, 2.05) is 12.1 Å². The number of imide groups is 1. The summed E-state index contributed by atoms with van der Waals surface area (Å²) in [7, 11) is 1.68. The molecule has 3 aliphatic rings. The van der Waals surface area contributed by atoms with E-state index in [0.717, 1.165) is 29.7 Å². The Labute approximate surface area is 176 Å². The van der Waals surface area contributed by atoms with Gasteiger partial charge in [0.25, 0.3) is 5.91 Å². The Hall–Kier alpha value is -2.70. The maximum atomic E-state index is 13.4. The van der Waals surface area contributed by atoms with Crippen molar-refractivity contribution >= 4 is 23.9 Å². The van der Waals surface area contributed by atoms with Crippen LogP contribution >= 0.6 is 0 Å². The van der Waals surface area contributed by atoms with E-state index in [1.165, 1.54) is 17.7 Å². The monoisotopic (exact) mass is 413 g/mol. The molecule has 4 rings (SSSR count). The average Bonchev–Trinajstić information content (AvgIpc) is 2.91. The van der Waals surface area contributed by atoms with Crippen molar-refractivity contribution in [1.82, 2.24) is 14.7 Å². The zero-order chi connectivity index (χ0) is 21.3. The highest BCUT2D eigenvalue weighted by atomic mass is 19.1. The van der Waals surface area contributed by atoms with Crippen LogP contribution in [-0.2, 0) is 9.59 Å². The van der Waals surface area contributed by atoms with Gasteiger partial charge in [-0.1, -0.05) is 43.0 Å². The van der Waals surface area contributed by atoms with Gasteiger partial charge in [-0.25, -0.2) is 9.18 Å². The van der Waals surface area contributed by atoms with Gasteiger partial charge < -0.3 is 9.80 Å². The molecule has 1 spiro atoms. The first-order valence-electron chi connectivity index (χ1n) is 10.7. The molecule has 0 unspecified atom stereocenters. The molecule has 0 aromatic heterocycles. The number of carbonyl (C=O) groups excluding carboxylic acids is 3. The summed E-state index contributed by atoms with van der Waals surface area (Å²) in [6.45, 7) is 0.890. The van der Waals surface area contributed by atoms with Crippen LogP contribution in [0.25, 0.3) is 6.08 Å². The summed E-state index contributed by atoms with van der Waals surface area (Å²) in [5.41, 5.74) is 1.23. The smallest absolute Gasteiger partial charge is 0.327 e. The Bertz CT molecular complexity index is 881. The van der Waals surface area contributed by atoms with Gasteiger partial charge in [-0.3, -0.25) is 14.5 Å². The first-order chi connectivity index (χ1) is 14.4. The highest BCUT2D eigenvalue weighted by Gasteiger charge is 2.56. The normalized spacial score (nSPS) is 21.5. The lowest BCUT2D eigenvalue weighted by molar-refractivity contribution is -0.140. The minimum absolute atomic E-state index is 0.188. The third kappa shape index (κ3) is 3.73. The molecule has 1 aliphatic carbocycles. The van der Waals surface area contributed by atoms with Gasteiger partial charge in [0, 0.05) is 20.1 Å².